The van der Waals surface area contributed by atoms with Crippen molar-refractivity contribution in [3.63, 3.8) is 0 Å². The van der Waals surface area contributed by atoms with Crippen LogP contribution in [-0.4, -0.2) is 12.6 Å². The summed E-state index contributed by atoms with van der Waals surface area (Å²) >= 11 is 0. The van der Waals surface area contributed by atoms with Crippen molar-refractivity contribution in [2.24, 2.45) is 5.92 Å². The molecule has 0 N–H and O–H groups in total. The Kier molecular flexibility index (Phi) is 12.5. The first-order valence-electron chi connectivity index (χ1n) is 7.92. The molecule has 108 valence electrons. The largest absolute Gasteiger partial charge is 0.465 e. The fourth-order valence-corrected chi connectivity index (χ4v) is 2.19. The molecule has 0 aliphatic rings. The number of carbonyl (C=O) groups is 1. The lowest BCUT2D eigenvalue weighted by Gasteiger charge is -2.15. The maximum Gasteiger partial charge on any atom is 0.308 e. The van der Waals surface area contributed by atoms with Crippen LogP contribution in [0.25, 0.3) is 0 Å². The van der Waals surface area contributed by atoms with Crippen LogP contribution in [0.3, 0.4) is 0 Å². The molecule has 0 fully saturated rings. The third-order valence-electron chi connectivity index (χ3n) is 3.37. The molecular weight excluding hydrogens is 224 g/mol. The van der Waals surface area contributed by atoms with Crippen LogP contribution in [0.15, 0.2) is 0 Å². The lowest BCUT2D eigenvalue weighted by molar-refractivity contribution is -0.149. The van der Waals surface area contributed by atoms with Crippen LogP contribution in [0.1, 0.15) is 85.0 Å². The van der Waals surface area contributed by atoms with E-state index in [-0.39, 0.29) is 11.9 Å². The Balaban J connectivity index is 3.75. The highest BCUT2D eigenvalue weighted by atomic mass is 16.5. The van der Waals surface area contributed by atoms with Crippen molar-refractivity contribution in [2.45, 2.75) is 85.0 Å². The van der Waals surface area contributed by atoms with Gasteiger partial charge in [-0.15, -0.1) is 0 Å². The first-order chi connectivity index (χ1) is 8.76. The average Bonchev–Trinajstić information content (AvgIpc) is 2.37. The Hall–Kier alpha value is -0.530. The van der Waals surface area contributed by atoms with E-state index in [2.05, 4.69) is 20.8 Å². The van der Waals surface area contributed by atoms with Crippen molar-refractivity contribution in [3.8, 4) is 0 Å². The number of rotatable bonds is 12. The summed E-state index contributed by atoms with van der Waals surface area (Å²) in [5, 5.41) is 0. The van der Waals surface area contributed by atoms with E-state index in [1.165, 1.54) is 32.1 Å². The second-order valence-corrected chi connectivity index (χ2v) is 5.21. The van der Waals surface area contributed by atoms with Crippen molar-refractivity contribution in [3.05, 3.63) is 0 Å². The van der Waals surface area contributed by atoms with Crippen LogP contribution in [-0.2, 0) is 9.53 Å². The van der Waals surface area contributed by atoms with E-state index in [0.717, 1.165) is 32.1 Å². The number of hydrogen-bond acceptors (Lipinski definition) is 2. The molecule has 0 amide bonds. The van der Waals surface area contributed by atoms with Gasteiger partial charge in [0.2, 0.25) is 0 Å². The molecule has 0 saturated heterocycles. The molecule has 0 aliphatic carbocycles. The lowest BCUT2D eigenvalue weighted by Crippen LogP contribution is -2.18. The number of hydrogen-bond donors (Lipinski definition) is 0. The third-order valence-corrected chi connectivity index (χ3v) is 3.37. The number of esters is 1. The minimum absolute atomic E-state index is 0.0458. The molecule has 0 heterocycles. The van der Waals surface area contributed by atoms with E-state index >= 15 is 0 Å². The van der Waals surface area contributed by atoms with Gasteiger partial charge in [-0.3, -0.25) is 4.79 Å². The summed E-state index contributed by atoms with van der Waals surface area (Å²) in [6, 6.07) is 0. The summed E-state index contributed by atoms with van der Waals surface area (Å²) in [5.74, 6) is 0.192. The van der Waals surface area contributed by atoms with Gasteiger partial charge in [0.25, 0.3) is 0 Å². The van der Waals surface area contributed by atoms with E-state index in [1.807, 2.05) is 0 Å². The fraction of sp³-hybridized carbons (Fsp3) is 0.938. The van der Waals surface area contributed by atoms with Gasteiger partial charge in [0.1, 0.15) is 0 Å². The maximum atomic E-state index is 11.9. The van der Waals surface area contributed by atoms with Gasteiger partial charge in [-0.1, -0.05) is 65.7 Å². The SMILES string of the molecule is CCCCCCOC(=O)C(CCC)CCCCC. The summed E-state index contributed by atoms with van der Waals surface area (Å²) in [6.07, 6.45) is 11.3. The zero-order valence-electron chi connectivity index (χ0n) is 12.7. The average molecular weight is 256 g/mol. The molecule has 0 aromatic heterocycles. The van der Waals surface area contributed by atoms with Gasteiger partial charge >= 0.3 is 5.97 Å². The zero-order chi connectivity index (χ0) is 13.6. The minimum Gasteiger partial charge on any atom is -0.465 e. The minimum atomic E-state index is 0.0458. The molecule has 2 nitrogen and oxygen atoms in total. The summed E-state index contributed by atoms with van der Waals surface area (Å²) in [4.78, 5) is 11.9. The van der Waals surface area contributed by atoms with Gasteiger partial charge < -0.3 is 4.74 Å². The van der Waals surface area contributed by atoms with E-state index < -0.39 is 0 Å². The molecule has 1 unspecified atom stereocenters. The first kappa shape index (κ1) is 17.5. The normalized spacial score (nSPS) is 12.4. The Morgan fingerprint density at radius 1 is 0.833 bits per heavy atom. The van der Waals surface area contributed by atoms with Crippen LogP contribution < -0.4 is 0 Å². The quantitative estimate of drug-likeness (QED) is 0.358. The smallest absolute Gasteiger partial charge is 0.308 e. The molecule has 0 bridgehead atoms. The van der Waals surface area contributed by atoms with Crippen LogP contribution in [0.2, 0.25) is 0 Å². The molecule has 0 aliphatic heterocycles. The van der Waals surface area contributed by atoms with Crippen LogP contribution in [0, 0.1) is 5.92 Å². The first-order valence-corrected chi connectivity index (χ1v) is 7.92. The molecule has 0 aromatic rings. The number of ether oxygens (including phenoxy) is 1. The van der Waals surface area contributed by atoms with Gasteiger partial charge in [-0.2, -0.15) is 0 Å². The molecule has 0 spiro atoms. The Bertz CT molecular complexity index is 190. The Morgan fingerprint density at radius 2 is 1.50 bits per heavy atom. The summed E-state index contributed by atoms with van der Waals surface area (Å²) in [5.41, 5.74) is 0. The van der Waals surface area contributed by atoms with E-state index in [9.17, 15) is 4.79 Å². The highest BCUT2D eigenvalue weighted by Crippen LogP contribution is 2.17. The second-order valence-electron chi connectivity index (χ2n) is 5.21. The van der Waals surface area contributed by atoms with Crippen molar-refractivity contribution >= 4 is 5.97 Å². The standard InChI is InChI=1S/C16H32O2/c1-4-7-9-11-14-18-16(17)15(12-6-3)13-10-8-5-2/h15H,4-14H2,1-3H3. The molecule has 0 aromatic carbocycles. The van der Waals surface area contributed by atoms with E-state index in [4.69, 9.17) is 4.74 Å². The number of carbonyl (C=O) groups excluding carboxylic acids is 1. The second kappa shape index (κ2) is 12.9. The van der Waals surface area contributed by atoms with Gasteiger partial charge in [0.15, 0.2) is 0 Å². The van der Waals surface area contributed by atoms with Gasteiger partial charge in [-0.05, 0) is 19.3 Å². The molecule has 1 atom stereocenters. The van der Waals surface area contributed by atoms with Crippen LogP contribution in [0.5, 0.6) is 0 Å². The lowest BCUT2D eigenvalue weighted by atomic mass is 9.97. The molecule has 0 radical (unpaired) electrons. The summed E-state index contributed by atoms with van der Waals surface area (Å²) in [7, 11) is 0. The number of unbranched alkanes of at least 4 members (excludes halogenated alkanes) is 5. The molecule has 2 heteroatoms. The summed E-state index contributed by atoms with van der Waals surface area (Å²) in [6.45, 7) is 7.14. The van der Waals surface area contributed by atoms with Gasteiger partial charge in [0.05, 0.1) is 12.5 Å². The highest BCUT2D eigenvalue weighted by molar-refractivity contribution is 5.72. The van der Waals surface area contributed by atoms with Gasteiger partial charge in [-0.25, -0.2) is 0 Å². The predicted octanol–water partition coefficient (Wildman–Crippen LogP) is 5.11. The Morgan fingerprint density at radius 3 is 2.11 bits per heavy atom. The summed E-state index contributed by atoms with van der Waals surface area (Å²) < 4.78 is 5.40. The third kappa shape index (κ3) is 9.49. The van der Waals surface area contributed by atoms with Crippen molar-refractivity contribution in [1.82, 2.24) is 0 Å². The predicted molar refractivity (Wildman–Crippen MR) is 77.6 cm³/mol. The molecular formula is C16H32O2. The van der Waals surface area contributed by atoms with Crippen molar-refractivity contribution < 1.29 is 9.53 Å². The Labute approximate surface area is 113 Å². The van der Waals surface area contributed by atoms with E-state index in [1.54, 1.807) is 0 Å². The zero-order valence-corrected chi connectivity index (χ0v) is 12.7. The van der Waals surface area contributed by atoms with Crippen molar-refractivity contribution in [2.75, 3.05) is 6.61 Å². The topological polar surface area (TPSA) is 26.3 Å². The highest BCUT2D eigenvalue weighted by Gasteiger charge is 2.18. The fourth-order valence-electron chi connectivity index (χ4n) is 2.19. The molecule has 18 heavy (non-hydrogen) atoms. The van der Waals surface area contributed by atoms with Crippen LogP contribution >= 0.6 is 0 Å². The van der Waals surface area contributed by atoms with Crippen molar-refractivity contribution in [1.29, 1.82) is 0 Å². The monoisotopic (exact) mass is 256 g/mol. The maximum absolute atomic E-state index is 11.9. The molecule has 0 rings (SSSR count). The molecule has 0 saturated carbocycles. The van der Waals surface area contributed by atoms with E-state index in [0.29, 0.717) is 6.61 Å². The van der Waals surface area contributed by atoms with Gasteiger partial charge in [0, 0.05) is 0 Å². The van der Waals surface area contributed by atoms with Crippen LogP contribution in [0.4, 0.5) is 0 Å².